The van der Waals surface area contributed by atoms with Crippen LogP contribution in [0.1, 0.15) is 39.0 Å². The average molecular weight is 223 g/mol. The summed E-state index contributed by atoms with van der Waals surface area (Å²) < 4.78 is 0. The van der Waals surface area contributed by atoms with Crippen LogP contribution in [0, 0.1) is 0 Å². The molecule has 0 saturated heterocycles. The van der Waals surface area contributed by atoms with Crippen molar-refractivity contribution in [2.24, 2.45) is 0 Å². The molecule has 0 aliphatic heterocycles. The third-order valence-electron chi connectivity index (χ3n) is 2.19. The monoisotopic (exact) mass is 223 g/mol. The van der Waals surface area contributed by atoms with Crippen LogP contribution in [0.2, 0.25) is 0 Å². The summed E-state index contributed by atoms with van der Waals surface area (Å²) in [5.74, 6) is 0. The van der Waals surface area contributed by atoms with Crippen LogP contribution >= 0.6 is 11.3 Å². The lowest BCUT2D eigenvalue weighted by atomic mass is 10.1. The molecule has 0 aromatic carbocycles. The summed E-state index contributed by atoms with van der Waals surface area (Å²) in [5, 5.41) is 5.64. The van der Waals surface area contributed by atoms with Gasteiger partial charge in [-0.05, 0) is 44.7 Å². The highest BCUT2D eigenvalue weighted by Crippen LogP contribution is 2.15. The Balaban J connectivity index is 2.57. The van der Waals surface area contributed by atoms with Crippen molar-refractivity contribution in [2.45, 2.75) is 39.7 Å². The maximum absolute atomic E-state index is 3.52. The summed E-state index contributed by atoms with van der Waals surface area (Å²) >= 11 is 1.80. The summed E-state index contributed by atoms with van der Waals surface area (Å²) in [4.78, 5) is 1.35. The second kappa shape index (κ2) is 5.47. The zero-order valence-electron chi connectivity index (χ0n) is 10.1. The molecule has 15 heavy (non-hydrogen) atoms. The highest BCUT2D eigenvalue weighted by atomic mass is 32.1. The van der Waals surface area contributed by atoms with E-state index in [1.54, 1.807) is 11.3 Å². The molecule has 1 aromatic rings. The van der Waals surface area contributed by atoms with Crippen LogP contribution in [-0.4, -0.2) is 12.1 Å². The predicted molar refractivity (Wildman–Crippen MR) is 70.3 cm³/mol. The maximum Gasteiger partial charge on any atom is 0.0270 e. The minimum atomic E-state index is 0.198. The lowest BCUT2D eigenvalue weighted by Gasteiger charge is -2.21. The van der Waals surface area contributed by atoms with Crippen molar-refractivity contribution in [1.29, 1.82) is 0 Å². The van der Waals surface area contributed by atoms with E-state index >= 15 is 0 Å². The third kappa shape index (κ3) is 5.14. The Labute approximate surface area is 97.2 Å². The van der Waals surface area contributed by atoms with Crippen molar-refractivity contribution in [2.75, 3.05) is 6.54 Å². The van der Waals surface area contributed by atoms with E-state index in [2.05, 4.69) is 56.6 Å². The van der Waals surface area contributed by atoms with E-state index in [-0.39, 0.29) is 5.54 Å². The van der Waals surface area contributed by atoms with Crippen LogP contribution in [0.4, 0.5) is 0 Å². The van der Waals surface area contributed by atoms with Crippen molar-refractivity contribution in [3.8, 4) is 0 Å². The van der Waals surface area contributed by atoms with Crippen LogP contribution < -0.4 is 5.32 Å². The number of rotatable bonds is 4. The second-order valence-corrected chi connectivity index (χ2v) is 5.75. The second-order valence-electron chi connectivity index (χ2n) is 4.78. The molecule has 1 aromatic heterocycles. The first-order valence-electron chi connectivity index (χ1n) is 5.49. The van der Waals surface area contributed by atoms with Gasteiger partial charge in [0.25, 0.3) is 0 Å². The third-order valence-corrected chi connectivity index (χ3v) is 3.01. The molecule has 2 heteroatoms. The first-order valence-corrected chi connectivity index (χ1v) is 6.37. The first-order chi connectivity index (χ1) is 7.01. The van der Waals surface area contributed by atoms with Crippen LogP contribution in [0.15, 0.2) is 23.1 Å². The molecule has 0 radical (unpaired) electrons. The number of hydrogen-bond acceptors (Lipinski definition) is 2. The Bertz CT molecular complexity index is 304. The quantitative estimate of drug-likeness (QED) is 0.815. The Kier molecular flexibility index (Phi) is 4.55. The topological polar surface area (TPSA) is 12.0 Å². The molecule has 0 aliphatic rings. The van der Waals surface area contributed by atoms with Crippen LogP contribution in [-0.2, 0) is 0 Å². The van der Waals surface area contributed by atoms with Crippen molar-refractivity contribution >= 4 is 17.4 Å². The molecular formula is C13H21NS. The van der Waals surface area contributed by atoms with Crippen LogP contribution in [0.3, 0.4) is 0 Å². The van der Waals surface area contributed by atoms with Gasteiger partial charge in [-0.2, -0.15) is 0 Å². The molecule has 0 amide bonds. The molecule has 1 nitrogen and oxygen atoms in total. The molecule has 0 fully saturated rings. The van der Waals surface area contributed by atoms with E-state index in [0.717, 1.165) is 13.0 Å². The van der Waals surface area contributed by atoms with Crippen LogP contribution in [0.25, 0.3) is 6.08 Å². The summed E-state index contributed by atoms with van der Waals surface area (Å²) in [6, 6.07) is 4.26. The van der Waals surface area contributed by atoms with Gasteiger partial charge in [0.1, 0.15) is 0 Å². The molecule has 0 bridgehead atoms. The summed E-state index contributed by atoms with van der Waals surface area (Å²) in [7, 11) is 0. The standard InChI is InChI=1S/C13H21NS/c1-5-11(10-14-13(2,3)4)9-12-7-6-8-15-12/h6-9,14H,5,10H2,1-4H3. The average Bonchev–Trinajstić information content (AvgIpc) is 2.63. The first kappa shape index (κ1) is 12.5. The lowest BCUT2D eigenvalue weighted by molar-refractivity contribution is 0.443. The Morgan fingerprint density at radius 2 is 2.20 bits per heavy atom. The fraction of sp³-hybridized carbons (Fsp3) is 0.538. The Morgan fingerprint density at radius 3 is 2.67 bits per heavy atom. The minimum Gasteiger partial charge on any atom is -0.308 e. The summed E-state index contributed by atoms with van der Waals surface area (Å²) in [6.45, 7) is 9.80. The van der Waals surface area contributed by atoms with E-state index in [0.29, 0.717) is 0 Å². The molecule has 1 heterocycles. The van der Waals surface area contributed by atoms with E-state index in [1.807, 2.05) is 0 Å². The van der Waals surface area contributed by atoms with Gasteiger partial charge >= 0.3 is 0 Å². The maximum atomic E-state index is 3.52. The molecule has 0 atom stereocenters. The molecule has 84 valence electrons. The fourth-order valence-corrected chi connectivity index (χ4v) is 1.94. The normalized spacial score (nSPS) is 13.2. The van der Waals surface area contributed by atoms with Crippen molar-refractivity contribution < 1.29 is 0 Å². The zero-order valence-corrected chi connectivity index (χ0v) is 10.9. The van der Waals surface area contributed by atoms with E-state index in [1.165, 1.54) is 10.5 Å². The van der Waals surface area contributed by atoms with Gasteiger partial charge in [-0.1, -0.05) is 18.6 Å². The van der Waals surface area contributed by atoms with E-state index in [4.69, 9.17) is 0 Å². The number of nitrogens with one attached hydrogen (secondary N) is 1. The molecule has 1 N–H and O–H groups in total. The van der Waals surface area contributed by atoms with Gasteiger partial charge in [0.2, 0.25) is 0 Å². The largest absolute Gasteiger partial charge is 0.308 e. The van der Waals surface area contributed by atoms with Gasteiger partial charge in [-0.25, -0.2) is 0 Å². The predicted octanol–water partition coefficient (Wildman–Crippen LogP) is 3.93. The highest BCUT2D eigenvalue weighted by Gasteiger charge is 2.08. The van der Waals surface area contributed by atoms with Gasteiger partial charge in [-0.3, -0.25) is 0 Å². The molecule has 1 rings (SSSR count). The van der Waals surface area contributed by atoms with Crippen molar-refractivity contribution in [3.63, 3.8) is 0 Å². The van der Waals surface area contributed by atoms with Gasteiger partial charge in [0, 0.05) is 17.0 Å². The van der Waals surface area contributed by atoms with Gasteiger partial charge in [-0.15, -0.1) is 11.3 Å². The lowest BCUT2D eigenvalue weighted by Crippen LogP contribution is -2.36. The Hall–Kier alpha value is -0.600. The minimum absolute atomic E-state index is 0.198. The van der Waals surface area contributed by atoms with Crippen molar-refractivity contribution in [3.05, 3.63) is 28.0 Å². The van der Waals surface area contributed by atoms with Gasteiger partial charge in [0.05, 0.1) is 0 Å². The SMILES string of the molecule is CCC(=Cc1cccs1)CNC(C)(C)C. The van der Waals surface area contributed by atoms with Crippen LogP contribution in [0.5, 0.6) is 0 Å². The van der Waals surface area contributed by atoms with Gasteiger partial charge in [0.15, 0.2) is 0 Å². The van der Waals surface area contributed by atoms with E-state index in [9.17, 15) is 0 Å². The zero-order chi connectivity index (χ0) is 11.3. The van der Waals surface area contributed by atoms with Gasteiger partial charge < -0.3 is 5.32 Å². The Morgan fingerprint density at radius 1 is 1.47 bits per heavy atom. The summed E-state index contributed by atoms with van der Waals surface area (Å²) in [6.07, 6.45) is 3.41. The number of hydrogen-bond donors (Lipinski definition) is 1. The van der Waals surface area contributed by atoms with Crippen molar-refractivity contribution in [1.82, 2.24) is 5.32 Å². The number of thiophene rings is 1. The summed E-state index contributed by atoms with van der Waals surface area (Å²) in [5.41, 5.74) is 1.66. The smallest absolute Gasteiger partial charge is 0.0270 e. The highest BCUT2D eigenvalue weighted by molar-refractivity contribution is 7.10. The molecule has 0 spiro atoms. The fourth-order valence-electron chi connectivity index (χ4n) is 1.23. The van der Waals surface area contributed by atoms with E-state index < -0.39 is 0 Å². The molecule has 0 unspecified atom stereocenters. The molecule has 0 saturated carbocycles. The molecule has 0 aliphatic carbocycles. The molecular weight excluding hydrogens is 202 g/mol.